The molecule has 0 unspecified atom stereocenters. The van der Waals surface area contributed by atoms with Gasteiger partial charge in [0, 0.05) is 71.5 Å². The Kier molecular flexibility index (Phi) is 9.81. The quantitative estimate of drug-likeness (QED) is 0.265. The molecule has 178 valence electrons. The van der Waals surface area contributed by atoms with E-state index in [4.69, 9.17) is 4.99 Å². The van der Waals surface area contributed by atoms with Gasteiger partial charge in [-0.3, -0.25) is 14.8 Å². The first-order valence-corrected chi connectivity index (χ1v) is 12.2. The SMILES string of the molecule is C=C(C)CN1CCC(NC(=NCCCN2CCN(c3ccccc3F)CC2)NCC)CC1. The molecular weight excluding hydrogens is 403 g/mol. The molecule has 0 radical (unpaired) electrons. The maximum Gasteiger partial charge on any atom is 0.191 e. The molecule has 2 fully saturated rings. The number of guanidine groups is 1. The van der Waals surface area contributed by atoms with E-state index in [0.717, 1.165) is 96.4 Å². The van der Waals surface area contributed by atoms with Crippen LogP contribution in [0.1, 0.15) is 33.1 Å². The predicted molar refractivity (Wildman–Crippen MR) is 133 cm³/mol. The second-order valence-corrected chi connectivity index (χ2v) is 9.05. The Morgan fingerprint density at radius 3 is 2.47 bits per heavy atom. The largest absolute Gasteiger partial charge is 0.367 e. The van der Waals surface area contributed by atoms with Crippen LogP contribution >= 0.6 is 0 Å². The van der Waals surface area contributed by atoms with E-state index in [-0.39, 0.29) is 5.82 Å². The highest BCUT2D eigenvalue weighted by Crippen LogP contribution is 2.20. The maximum atomic E-state index is 14.0. The zero-order valence-electron chi connectivity index (χ0n) is 20.0. The fraction of sp³-hybridized carbons (Fsp3) is 0.640. The van der Waals surface area contributed by atoms with Crippen molar-refractivity contribution in [1.29, 1.82) is 0 Å². The third kappa shape index (κ3) is 7.78. The Bertz CT molecular complexity index is 736. The van der Waals surface area contributed by atoms with Crippen molar-refractivity contribution in [3.05, 3.63) is 42.2 Å². The zero-order valence-corrected chi connectivity index (χ0v) is 20.0. The summed E-state index contributed by atoms with van der Waals surface area (Å²) in [6, 6.07) is 7.56. The summed E-state index contributed by atoms with van der Waals surface area (Å²) in [7, 11) is 0. The number of halogens is 1. The molecule has 0 aliphatic carbocycles. The van der Waals surface area contributed by atoms with Gasteiger partial charge in [0.1, 0.15) is 5.82 Å². The van der Waals surface area contributed by atoms with Crippen LogP contribution in [0.3, 0.4) is 0 Å². The average molecular weight is 445 g/mol. The molecule has 2 aliphatic heterocycles. The summed E-state index contributed by atoms with van der Waals surface area (Å²) < 4.78 is 14.0. The van der Waals surface area contributed by atoms with Crippen molar-refractivity contribution in [3.63, 3.8) is 0 Å². The third-order valence-electron chi connectivity index (χ3n) is 6.23. The molecule has 32 heavy (non-hydrogen) atoms. The molecule has 0 spiro atoms. The third-order valence-corrected chi connectivity index (χ3v) is 6.23. The van der Waals surface area contributed by atoms with Gasteiger partial charge < -0.3 is 15.5 Å². The first-order chi connectivity index (χ1) is 15.5. The van der Waals surface area contributed by atoms with Crippen LogP contribution < -0.4 is 15.5 Å². The van der Waals surface area contributed by atoms with Crippen LogP contribution in [0, 0.1) is 5.82 Å². The van der Waals surface area contributed by atoms with Gasteiger partial charge in [-0.25, -0.2) is 4.39 Å². The number of aliphatic imine (C=N–C) groups is 1. The van der Waals surface area contributed by atoms with Crippen LogP contribution in [0.4, 0.5) is 10.1 Å². The van der Waals surface area contributed by atoms with Gasteiger partial charge in [-0.2, -0.15) is 0 Å². The number of hydrogen-bond acceptors (Lipinski definition) is 4. The molecule has 0 saturated carbocycles. The Balaban J connectivity index is 1.36. The molecule has 0 atom stereocenters. The number of rotatable bonds is 9. The van der Waals surface area contributed by atoms with E-state index in [9.17, 15) is 4.39 Å². The number of piperidine rings is 1. The van der Waals surface area contributed by atoms with Gasteiger partial charge in [0.25, 0.3) is 0 Å². The highest BCUT2D eigenvalue weighted by Gasteiger charge is 2.20. The summed E-state index contributed by atoms with van der Waals surface area (Å²) in [6.45, 7) is 17.9. The topological polar surface area (TPSA) is 46.1 Å². The summed E-state index contributed by atoms with van der Waals surface area (Å²) >= 11 is 0. The maximum absolute atomic E-state index is 14.0. The molecule has 6 nitrogen and oxygen atoms in total. The molecule has 7 heteroatoms. The summed E-state index contributed by atoms with van der Waals surface area (Å²) in [4.78, 5) is 11.9. The van der Waals surface area contributed by atoms with Gasteiger partial charge in [-0.05, 0) is 45.2 Å². The van der Waals surface area contributed by atoms with E-state index in [1.54, 1.807) is 12.1 Å². The molecule has 2 saturated heterocycles. The van der Waals surface area contributed by atoms with E-state index >= 15 is 0 Å². The molecule has 3 rings (SSSR count). The standard InChI is InChI=1S/C25H41FN6/c1-4-27-25(29-22-10-14-31(15-11-22)20-21(2)3)28-12-7-13-30-16-18-32(19-17-30)24-9-6-5-8-23(24)26/h5-6,8-9,22H,2,4,7,10-20H2,1,3H3,(H2,27,28,29). The smallest absolute Gasteiger partial charge is 0.191 e. The number of piperazine rings is 1. The Morgan fingerprint density at radius 1 is 1.09 bits per heavy atom. The molecule has 1 aromatic rings. The summed E-state index contributed by atoms with van der Waals surface area (Å²) in [5, 5.41) is 7.03. The van der Waals surface area contributed by atoms with E-state index in [0.29, 0.717) is 6.04 Å². The van der Waals surface area contributed by atoms with Crippen molar-refractivity contribution in [2.75, 3.05) is 70.3 Å². The number of benzene rings is 1. The van der Waals surface area contributed by atoms with Gasteiger partial charge in [0.05, 0.1) is 5.69 Å². The van der Waals surface area contributed by atoms with E-state index in [1.807, 2.05) is 12.1 Å². The van der Waals surface area contributed by atoms with Crippen LogP contribution in [-0.2, 0) is 0 Å². The number of nitrogens with one attached hydrogen (secondary N) is 2. The highest BCUT2D eigenvalue weighted by atomic mass is 19.1. The van der Waals surface area contributed by atoms with Crippen LogP contribution in [0.2, 0.25) is 0 Å². The summed E-state index contributed by atoms with van der Waals surface area (Å²) in [5.74, 6) is 0.815. The van der Waals surface area contributed by atoms with Crippen molar-refractivity contribution in [2.45, 2.75) is 39.2 Å². The Morgan fingerprint density at radius 2 is 1.81 bits per heavy atom. The summed E-state index contributed by atoms with van der Waals surface area (Å²) in [5.41, 5.74) is 1.96. The van der Waals surface area contributed by atoms with Crippen LogP contribution in [-0.4, -0.2) is 87.2 Å². The van der Waals surface area contributed by atoms with Crippen molar-refractivity contribution in [2.24, 2.45) is 4.99 Å². The lowest BCUT2D eigenvalue weighted by Crippen LogP contribution is -2.49. The van der Waals surface area contributed by atoms with E-state index < -0.39 is 0 Å². The molecule has 2 N–H and O–H groups in total. The van der Waals surface area contributed by atoms with E-state index in [1.165, 1.54) is 5.57 Å². The molecule has 0 amide bonds. The van der Waals surface area contributed by atoms with E-state index in [2.05, 4.69) is 45.8 Å². The Hall–Kier alpha value is -2.12. The number of para-hydroxylation sites is 1. The second kappa shape index (κ2) is 12.8. The first kappa shape index (κ1) is 24.5. The van der Waals surface area contributed by atoms with Crippen molar-refractivity contribution in [1.82, 2.24) is 20.4 Å². The fourth-order valence-electron chi connectivity index (χ4n) is 4.54. The molecule has 2 heterocycles. The summed E-state index contributed by atoms with van der Waals surface area (Å²) in [6.07, 6.45) is 3.32. The second-order valence-electron chi connectivity index (χ2n) is 9.05. The highest BCUT2D eigenvalue weighted by molar-refractivity contribution is 5.80. The number of hydrogen-bond donors (Lipinski definition) is 2. The van der Waals surface area contributed by atoms with Crippen LogP contribution in [0.5, 0.6) is 0 Å². The lowest BCUT2D eigenvalue weighted by Gasteiger charge is -2.36. The monoisotopic (exact) mass is 444 g/mol. The molecule has 0 aromatic heterocycles. The zero-order chi connectivity index (χ0) is 22.8. The van der Waals surface area contributed by atoms with Crippen molar-refractivity contribution >= 4 is 11.6 Å². The molecular formula is C25H41FN6. The lowest BCUT2D eigenvalue weighted by atomic mass is 10.0. The van der Waals surface area contributed by atoms with Gasteiger partial charge in [0.15, 0.2) is 5.96 Å². The number of likely N-dealkylation sites (tertiary alicyclic amines) is 1. The van der Waals surface area contributed by atoms with Crippen LogP contribution in [0.15, 0.2) is 41.4 Å². The van der Waals surface area contributed by atoms with Gasteiger partial charge in [0.2, 0.25) is 0 Å². The van der Waals surface area contributed by atoms with Gasteiger partial charge >= 0.3 is 0 Å². The predicted octanol–water partition coefficient (Wildman–Crippen LogP) is 2.93. The van der Waals surface area contributed by atoms with Gasteiger partial charge in [-0.15, -0.1) is 0 Å². The minimum Gasteiger partial charge on any atom is -0.367 e. The van der Waals surface area contributed by atoms with Crippen molar-refractivity contribution in [3.8, 4) is 0 Å². The number of anilines is 1. The minimum absolute atomic E-state index is 0.125. The first-order valence-electron chi connectivity index (χ1n) is 12.2. The average Bonchev–Trinajstić information content (AvgIpc) is 2.78. The van der Waals surface area contributed by atoms with Crippen LogP contribution in [0.25, 0.3) is 0 Å². The Labute approximate surface area is 193 Å². The molecule has 0 bridgehead atoms. The fourth-order valence-corrected chi connectivity index (χ4v) is 4.54. The normalized spacial score (nSPS) is 19.2. The van der Waals surface area contributed by atoms with Crippen molar-refractivity contribution < 1.29 is 4.39 Å². The minimum atomic E-state index is -0.125. The number of nitrogens with zero attached hydrogens (tertiary/aromatic N) is 4. The molecule has 1 aromatic carbocycles. The van der Waals surface area contributed by atoms with Gasteiger partial charge in [-0.1, -0.05) is 24.3 Å². The molecule has 2 aliphatic rings. The lowest BCUT2D eigenvalue weighted by molar-refractivity contribution is 0.221.